The molecule has 3 aromatic rings. The lowest BCUT2D eigenvalue weighted by Crippen LogP contribution is -2.53. The van der Waals surface area contributed by atoms with Crippen molar-refractivity contribution in [1.29, 1.82) is 0 Å². The Bertz CT molecular complexity index is 1170. The first-order valence-corrected chi connectivity index (χ1v) is 12.4. The summed E-state index contributed by atoms with van der Waals surface area (Å²) in [6.45, 7) is 1.70. The first-order valence-electron chi connectivity index (χ1n) is 11.1. The smallest absolute Gasteiger partial charge is 0.265 e. The number of piperidine rings is 1. The Balaban J connectivity index is 1.35. The number of anilines is 1. The van der Waals surface area contributed by atoms with E-state index in [9.17, 15) is 9.59 Å². The van der Waals surface area contributed by atoms with E-state index < -0.39 is 6.10 Å². The lowest BCUT2D eigenvalue weighted by Gasteiger charge is -2.37. The summed E-state index contributed by atoms with van der Waals surface area (Å²) < 4.78 is 6.04. The summed E-state index contributed by atoms with van der Waals surface area (Å²) in [6.07, 6.45) is 2.60. The van der Waals surface area contributed by atoms with Gasteiger partial charge in [-0.2, -0.15) is 0 Å². The highest BCUT2D eigenvalue weighted by atomic mass is 35.5. The van der Waals surface area contributed by atoms with E-state index in [1.807, 2.05) is 58.8 Å². The topological polar surface area (TPSA) is 62.7 Å². The molecule has 33 heavy (non-hydrogen) atoms. The maximum absolute atomic E-state index is 13.4. The molecule has 0 aliphatic carbocycles. The predicted molar refractivity (Wildman–Crippen MR) is 130 cm³/mol. The molecular weight excluding hydrogens is 458 g/mol. The molecule has 8 heteroatoms. The quantitative estimate of drug-likeness (QED) is 0.536. The first-order chi connectivity index (χ1) is 16.1. The molecule has 6 nitrogen and oxygen atoms in total. The number of para-hydroxylation sites is 2. The van der Waals surface area contributed by atoms with E-state index in [4.69, 9.17) is 16.3 Å². The van der Waals surface area contributed by atoms with Crippen LogP contribution in [-0.4, -0.2) is 47.4 Å². The summed E-state index contributed by atoms with van der Waals surface area (Å²) in [4.78, 5) is 34.7. The van der Waals surface area contributed by atoms with Gasteiger partial charge in [0, 0.05) is 24.0 Å². The number of ether oxygens (including phenoxy) is 1. The number of hydrogen-bond donors (Lipinski definition) is 0. The van der Waals surface area contributed by atoms with Crippen LogP contribution in [0, 0.1) is 0 Å². The van der Waals surface area contributed by atoms with Crippen LogP contribution in [0.15, 0.2) is 53.9 Å². The van der Waals surface area contributed by atoms with Crippen LogP contribution in [0.2, 0.25) is 5.02 Å². The van der Waals surface area contributed by atoms with Crippen molar-refractivity contribution in [1.82, 2.24) is 9.88 Å². The van der Waals surface area contributed by atoms with Crippen molar-refractivity contribution in [2.45, 2.75) is 31.8 Å². The third-order valence-corrected chi connectivity index (χ3v) is 7.26. The van der Waals surface area contributed by atoms with Gasteiger partial charge in [-0.1, -0.05) is 41.9 Å². The molecule has 0 unspecified atom stereocenters. The van der Waals surface area contributed by atoms with Crippen LogP contribution in [0.1, 0.15) is 25.0 Å². The number of hydrogen-bond acceptors (Lipinski definition) is 5. The molecule has 0 spiro atoms. The van der Waals surface area contributed by atoms with Gasteiger partial charge in [-0.25, -0.2) is 4.98 Å². The molecule has 0 N–H and O–H groups in total. The first kappa shape index (κ1) is 21.9. The number of amides is 2. The largest absolute Gasteiger partial charge is 0.476 e. The van der Waals surface area contributed by atoms with Crippen LogP contribution in [-0.2, 0) is 16.0 Å². The van der Waals surface area contributed by atoms with Gasteiger partial charge in [-0.05, 0) is 37.5 Å². The van der Waals surface area contributed by atoms with E-state index in [1.54, 1.807) is 4.90 Å². The molecule has 3 heterocycles. The molecule has 2 amide bonds. The number of nitrogens with zero attached hydrogens (tertiary/aromatic N) is 3. The van der Waals surface area contributed by atoms with Crippen LogP contribution in [0.5, 0.6) is 5.75 Å². The van der Waals surface area contributed by atoms with Crippen molar-refractivity contribution in [2.24, 2.45) is 0 Å². The van der Waals surface area contributed by atoms with Gasteiger partial charge in [0.15, 0.2) is 6.10 Å². The number of carbonyl (C=O) groups is 2. The molecule has 0 bridgehead atoms. The molecule has 2 aliphatic heterocycles. The highest BCUT2D eigenvalue weighted by Crippen LogP contribution is 2.35. The number of halogens is 1. The second-order valence-corrected chi connectivity index (χ2v) is 9.53. The Hall–Kier alpha value is -2.90. The molecule has 5 rings (SSSR count). The van der Waals surface area contributed by atoms with Gasteiger partial charge in [-0.15, -0.1) is 11.3 Å². The zero-order chi connectivity index (χ0) is 22.8. The number of carbonyl (C=O) groups excluding carboxylic acids is 2. The number of rotatable bonds is 4. The van der Waals surface area contributed by atoms with E-state index >= 15 is 0 Å². The highest BCUT2D eigenvalue weighted by Gasteiger charge is 2.36. The van der Waals surface area contributed by atoms with Crippen LogP contribution in [0.3, 0.4) is 0 Å². The summed E-state index contributed by atoms with van der Waals surface area (Å²) in [5.41, 5.74) is 2.22. The van der Waals surface area contributed by atoms with Crippen molar-refractivity contribution in [2.75, 3.05) is 24.5 Å². The van der Waals surface area contributed by atoms with Gasteiger partial charge in [0.05, 0.1) is 29.4 Å². The fraction of sp³-hybridized carbons (Fsp3) is 0.320. The molecule has 170 valence electrons. The number of aromatic nitrogens is 1. The predicted octanol–water partition coefficient (Wildman–Crippen LogP) is 4.81. The van der Waals surface area contributed by atoms with E-state index in [1.165, 1.54) is 11.3 Å². The van der Waals surface area contributed by atoms with Gasteiger partial charge in [0.2, 0.25) is 5.91 Å². The molecule has 2 aliphatic rings. The fourth-order valence-electron chi connectivity index (χ4n) is 4.31. The second kappa shape index (κ2) is 9.53. The van der Waals surface area contributed by atoms with Crippen molar-refractivity contribution in [3.8, 4) is 16.3 Å². The average Bonchev–Trinajstić information content (AvgIpc) is 3.31. The monoisotopic (exact) mass is 481 g/mol. The van der Waals surface area contributed by atoms with Gasteiger partial charge in [0.25, 0.3) is 5.91 Å². The van der Waals surface area contributed by atoms with Crippen molar-refractivity contribution < 1.29 is 14.3 Å². The lowest BCUT2D eigenvalue weighted by atomic mass is 10.1. The average molecular weight is 482 g/mol. The standard InChI is InChI=1S/C25H24ClN3O3S/c26-19-9-3-2-8-18(19)24-27-17(16-33-24)14-23(30)29-15-22(25(31)28-12-6-1-7-13-28)32-21-11-5-4-10-20(21)29/h2-5,8-11,16,22H,1,6-7,12-15H2/t22-/m0/s1. The zero-order valence-electron chi connectivity index (χ0n) is 18.1. The maximum Gasteiger partial charge on any atom is 0.265 e. The summed E-state index contributed by atoms with van der Waals surface area (Å²) in [5, 5.41) is 3.30. The highest BCUT2D eigenvalue weighted by molar-refractivity contribution is 7.13. The maximum atomic E-state index is 13.4. The van der Waals surface area contributed by atoms with Gasteiger partial charge < -0.3 is 14.5 Å². The molecule has 1 saturated heterocycles. The number of likely N-dealkylation sites (tertiary alicyclic amines) is 1. The van der Waals surface area contributed by atoms with Crippen LogP contribution in [0.4, 0.5) is 5.69 Å². The Labute approximate surface area is 201 Å². The Morgan fingerprint density at radius 1 is 1.06 bits per heavy atom. The molecule has 2 aromatic carbocycles. The van der Waals surface area contributed by atoms with Gasteiger partial charge in [-0.3, -0.25) is 9.59 Å². The van der Waals surface area contributed by atoms with Crippen molar-refractivity contribution in [3.05, 3.63) is 64.6 Å². The molecule has 1 fully saturated rings. The number of fused-ring (bicyclic) bond motifs is 1. The third kappa shape index (κ3) is 4.61. The van der Waals surface area contributed by atoms with E-state index in [2.05, 4.69) is 4.98 Å². The Morgan fingerprint density at radius 2 is 1.82 bits per heavy atom. The molecule has 1 atom stereocenters. The van der Waals surface area contributed by atoms with E-state index in [0.717, 1.165) is 42.9 Å². The minimum atomic E-state index is -0.698. The summed E-state index contributed by atoms with van der Waals surface area (Å²) in [7, 11) is 0. The van der Waals surface area contributed by atoms with Crippen LogP contribution in [0.25, 0.3) is 10.6 Å². The van der Waals surface area contributed by atoms with Crippen LogP contribution >= 0.6 is 22.9 Å². The van der Waals surface area contributed by atoms with Crippen molar-refractivity contribution in [3.63, 3.8) is 0 Å². The lowest BCUT2D eigenvalue weighted by molar-refractivity contribution is -0.139. The second-order valence-electron chi connectivity index (χ2n) is 8.27. The van der Waals surface area contributed by atoms with Gasteiger partial charge >= 0.3 is 0 Å². The normalized spacial score (nSPS) is 17.9. The third-order valence-electron chi connectivity index (χ3n) is 6.01. The molecule has 0 saturated carbocycles. The minimum absolute atomic E-state index is 0.0448. The zero-order valence-corrected chi connectivity index (χ0v) is 19.6. The van der Waals surface area contributed by atoms with E-state index in [-0.39, 0.29) is 24.8 Å². The number of benzene rings is 2. The summed E-state index contributed by atoms with van der Waals surface area (Å²) in [6, 6.07) is 14.9. The number of thiazole rings is 1. The van der Waals surface area contributed by atoms with E-state index in [0.29, 0.717) is 22.2 Å². The fourth-order valence-corrected chi connectivity index (χ4v) is 5.45. The summed E-state index contributed by atoms with van der Waals surface area (Å²) in [5.74, 6) is 0.400. The van der Waals surface area contributed by atoms with Crippen molar-refractivity contribution >= 4 is 40.4 Å². The van der Waals surface area contributed by atoms with Crippen LogP contribution < -0.4 is 9.64 Å². The Kier molecular flexibility index (Phi) is 6.33. The minimum Gasteiger partial charge on any atom is -0.476 e. The Morgan fingerprint density at radius 3 is 2.64 bits per heavy atom. The molecule has 1 aromatic heterocycles. The molecular formula is C25H24ClN3O3S. The summed E-state index contributed by atoms with van der Waals surface area (Å²) >= 11 is 7.77. The van der Waals surface area contributed by atoms with Gasteiger partial charge in [0.1, 0.15) is 10.8 Å². The molecule has 0 radical (unpaired) electrons. The SMILES string of the molecule is O=C([C@@H]1CN(C(=O)Cc2csc(-c3ccccc3Cl)n2)c2ccccc2O1)N1CCCCC1.